The molecule has 2 aromatic rings. The fourth-order valence-corrected chi connectivity index (χ4v) is 3.25. The second-order valence-electron chi connectivity index (χ2n) is 6.24. The first-order valence-electron chi connectivity index (χ1n) is 8.51. The molecule has 138 valence electrons. The van der Waals surface area contributed by atoms with Gasteiger partial charge in [-0.25, -0.2) is 0 Å². The Bertz CT molecular complexity index is 806. The smallest absolute Gasteiger partial charge is 0.261 e. The number of aryl methyl sites for hydroxylation is 2. The molecule has 2 N–H and O–H groups in total. The van der Waals surface area contributed by atoms with Crippen LogP contribution in [0.5, 0.6) is 0 Å². The molecular weight excluding hydrogens is 356 g/mol. The average Bonchev–Trinajstić information content (AvgIpc) is 2.80. The van der Waals surface area contributed by atoms with E-state index < -0.39 is 0 Å². The van der Waals surface area contributed by atoms with Crippen molar-refractivity contribution in [3.8, 4) is 0 Å². The van der Waals surface area contributed by atoms with E-state index in [1.807, 2.05) is 0 Å². The summed E-state index contributed by atoms with van der Waals surface area (Å²) in [5, 5.41) is 10.1. The Morgan fingerprint density at radius 2 is 2.08 bits per heavy atom. The van der Waals surface area contributed by atoms with Crippen LogP contribution in [-0.2, 0) is 0 Å². The summed E-state index contributed by atoms with van der Waals surface area (Å²) in [4.78, 5) is 26.9. The standard InChI is InChI=1S/C18H21ClN4O3/c1-11-16(12(2)26-22-11)17(24)21-13-4-5-14(15(19)10-13)18(25)23-8-3-6-20-7-9-23/h4-5,10,20H,3,6-9H2,1-2H3,(H,21,24). The second-order valence-corrected chi connectivity index (χ2v) is 6.65. The van der Waals surface area contributed by atoms with Crippen molar-refractivity contribution in [3.63, 3.8) is 0 Å². The van der Waals surface area contributed by atoms with E-state index in [2.05, 4.69) is 15.8 Å². The average molecular weight is 377 g/mol. The van der Waals surface area contributed by atoms with E-state index in [0.29, 0.717) is 46.4 Å². The summed E-state index contributed by atoms with van der Waals surface area (Å²) in [6.07, 6.45) is 0.912. The topological polar surface area (TPSA) is 87.5 Å². The Morgan fingerprint density at radius 3 is 2.77 bits per heavy atom. The monoisotopic (exact) mass is 376 g/mol. The van der Waals surface area contributed by atoms with Gasteiger partial charge in [0, 0.05) is 25.3 Å². The first-order valence-corrected chi connectivity index (χ1v) is 8.89. The molecule has 1 aromatic heterocycles. The molecule has 0 spiro atoms. The van der Waals surface area contributed by atoms with Gasteiger partial charge in [-0.1, -0.05) is 16.8 Å². The van der Waals surface area contributed by atoms with Crippen molar-refractivity contribution in [2.75, 3.05) is 31.5 Å². The van der Waals surface area contributed by atoms with Crippen molar-refractivity contribution in [2.24, 2.45) is 0 Å². The van der Waals surface area contributed by atoms with Gasteiger partial charge in [0.15, 0.2) is 0 Å². The second kappa shape index (κ2) is 7.88. The van der Waals surface area contributed by atoms with Crippen LogP contribution < -0.4 is 10.6 Å². The molecule has 2 heterocycles. The molecule has 1 saturated heterocycles. The fourth-order valence-electron chi connectivity index (χ4n) is 2.99. The number of carbonyl (C=O) groups is 2. The fraction of sp³-hybridized carbons (Fsp3) is 0.389. The summed E-state index contributed by atoms with van der Waals surface area (Å²) < 4.78 is 5.01. The highest BCUT2D eigenvalue weighted by Crippen LogP contribution is 2.24. The van der Waals surface area contributed by atoms with E-state index in [-0.39, 0.29) is 11.8 Å². The van der Waals surface area contributed by atoms with Crippen molar-refractivity contribution < 1.29 is 14.1 Å². The number of aromatic nitrogens is 1. The summed E-state index contributed by atoms with van der Waals surface area (Å²) >= 11 is 6.31. The Labute approximate surface area is 156 Å². The van der Waals surface area contributed by atoms with Gasteiger partial charge in [-0.3, -0.25) is 9.59 Å². The third-order valence-electron chi connectivity index (χ3n) is 4.35. The van der Waals surface area contributed by atoms with E-state index in [4.69, 9.17) is 16.1 Å². The van der Waals surface area contributed by atoms with E-state index in [0.717, 1.165) is 19.5 Å². The number of hydrogen-bond donors (Lipinski definition) is 2. The van der Waals surface area contributed by atoms with Crippen LogP contribution in [0.4, 0.5) is 5.69 Å². The number of halogens is 1. The maximum Gasteiger partial charge on any atom is 0.261 e. The number of carbonyl (C=O) groups excluding carboxylic acids is 2. The molecule has 1 aliphatic heterocycles. The lowest BCUT2D eigenvalue weighted by atomic mass is 10.1. The third kappa shape index (κ3) is 3.89. The number of amides is 2. The van der Waals surface area contributed by atoms with Crippen molar-refractivity contribution in [3.05, 3.63) is 45.8 Å². The van der Waals surface area contributed by atoms with Crippen LogP contribution in [0.15, 0.2) is 22.7 Å². The van der Waals surface area contributed by atoms with Crippen molar-refractivity contribution in [1.29, 1.82) is 0 Å². The van der Waals surface area contributed by atoms with Crippen LogP contribution in [0, 0.1) is 13.8 Å². The summed E-state index contributed by atoms with van der Waals surface area (Å²) in [5.41, 5.74) is 1.86. The van der Waals surface area contributed by atoms with Crippen LogP contribution >= 0.6 is 11.6 Å². The maximum absolute atomic E-state index is 12.7. The van der Waals surface area contributed by atoms with E-state index in [1.165, 1.54) is 0 Å². The molecule has 1 fully saturated rings. The van der Waals surface area contributed by atoms with Gasteiger partial charge in [-0.05, 0) is 45.0 Å². The molecule has 1 aromatic carbocycles. The minimum atomic E-state index is -0.324. The van der Waals surface area contributed by atoms with Gasteiger partial charge >= 0.3 is 0 Å². The molecule has 3 rings (SSSR count). The molecule has 7 nitrogen and oxygen atoms in total. The number of anilines is 1. The highest BCUT2D eigenvalue weighted by Gasteiger charge is 2.21. The molecular formula is C18H21ClN4O3. The highest BCUT2D eigenvalue weighted by atomic mass is 35.5. The number of nitrogens with one attached hydrogen (secondary N) is 2. The van der Waals surface area contributed by atoms with Crippen LogP contribution in [0.2, 0.25) is 5.02 Å². The molecule has 0 saturated carbocycles. The van der Waals surface area contributed by atoms with Crippen LogP contribution in [-0.4, -0.2) is 48.0 Å². The van der Waals surface area contributed by atoms with Crippen molar-refractivity contribution in [1.82, 2.24) is 15.4 Å². The molecule has 8 heteroatoms. The number of hydrogen-bond acceptors (Lipinski definition) is 5. The summed E-state index contributed by atoms with van der Waals surface area (Å²) in [7, 11) is 0. The van der Waals surface area contributed by atoms with Gasteiger partial charge in [-0.15, -0.1) is 0 Å². The van der Waals surface area contributed by atoms with Crippen molar-refractivity contribution >= 4 is 29.1 Å². The minimum Gasteiger partial charge on any atom is -0.361 e. The number of rotatable bonds is 3. The lowest BCUT2D eigenvalue weighted by Gasteiger charge is -2.20. The largest absolute Gasteiger partial charge is 0.361 e. The highest BCUT2D eigenvalue weighted by molar-refractivity contribution is 6.34. The zero-order chi connectivity index (χ0) is 18.7. The van der Waals surface area contributed by atoms with Gasteiger partial charge in [0.1, 0.15) is 11.3 Å². The number of nitrogens with zero attached hydrogens (tertiary/aromatic N) is 2. The van der Waals surface area contributed by atoms with Gasteiger partial charge in [0.25, 0.3) is 11.8 Å². The normalized spacial score (nSPS) is 14.8. The molecule has 1 aliphatic rings. The molecule has 2 amide bonds. The lowest BCUT2D eigenvalue weighted by Crippen LogP contribution is -2.34. The van der Waals surface area contributed by atoms with Crippen LogP contribution in [0.25, 0.3) is 0 Å². The van der Waals surface area contributed by atoms with Gasteiger partial charge in [-0.2, -0.15) is 0 Å². The molecule has 0 radical (unpaired) electrons. The maximum atomic E-state index is 12.7. The summed E-state index contributed by atoms with van der Waals surface area (Å²) in [5.74, 6) is 0.0324. The Kier molecular flexibility index (Phi) is 5.58. The Balaban J connectivity index is 1.75. The zero-order valence-corrected chi connectivity index (χ0v) is 15.5. The minimum absolute atomic E-state index is 0.0951. The predicted octanol–water partition coefficient (Wildman–Crippen LogP) is 2.63. The van der Waals surface area contributed by atoms with E-state index in [9.17, 15) is 9.59 Å². The number of benzene rings is 1. The summed E-state index contributed by atoms with van der Waals surface area (Å²) in [6.45, 7) is 6.42. The van der Waals surface area contributed by atoms with Crippen LogP contribution in [0.1, 0.15) is 38.6 Å². The zero-order valence-electron chi connectivity index (χ0n) is 14.8. The van der Waals surface area contributed by atoms with E-state index in [1.54, 1.807) is 36.9 Å². The Morgan fingerprint density at radius 1 is 1.27 bits per heavy atom. The lowest BCUT2D eigenvalue weighted by molar-refractivity contribution is 0.0766. The SMILES string of the molecule is Cc1noc(C)c1C(=O)Nc1ccc(C(=O)N2CCCNCC2)c(Cl)c1. The predicted molar refractivity (Wildman–Crippen MR) is 98.8 cm³/mol. The van der Waals surface area contributed by atoms with Crippen LogP contribution in [0.3, 0.4) is 0 Å². The van der Waals surface area contributed by atoms with Gasteiger partial charge in [0.05, 0.1) is 16.3 Å². The Hall–Kier alpha value is -2.38. The molecule has 0 aliphatic carbocycles. The first kappa shape index (κ1) is 18.4. The first-order chi connectivity index (χ1) is 12.5. The summed E-state index contributed by atoms with van der Waals surface area (Å²) in [6, 6.07) is 4.90. The molecule has 0 unspecified atom stereocenters. The quantitative estimate of drug-likeness (QED) is 0.859. The van der Waals surface area contributed by atoms with E-state index >= 15 is 0 Å². The molecule has 0 atom stereocenters. The molecule has 26 heavy (non-hydrogen) atoms. The molecule has 0 bridgehead atoms. The van der Waals surface area contributed by atoms with Crippen molar-refractivity contribution in [2.45, 2.75) is 20.3 Å². The third-order valence-corrected chi connectivity index (χ3v) is 4.66. The van der Waals surface area contributed by atoms with Gasteiger partial charge in [0.2, 0.25) is 0 Å². The van der Waals surface area contributed by atoms with Gasteiger partial charge < -0.3 is 20.1 Å².